The maximum Gasteiger partial charge on any atom is 0.243 e. The highest BCUT2D eigenvalue weighted by Crippen LogP contribution is 2.24. The van der Waals surface area contributed by atoms with Gasteiger partial charge in [-0.05, 0) is 12.1 Å². The van der Waals surface area contributed by atoms with Crippen LogP contribution in [0.5, 0.6) is 0 Å². The van der Waals surface area contributed by atoms with Crippen molar-refractivity contribution in [2.75, 3.05) is 30.0 Å². The lowest BCUT2D eigenvalue weighted by Gasteiger charge is -2.07. The van der Waals surface area contributed by atoms with Crippen molar-refractivity contribution in [1.29, 1.82) is 0 Å². The average molecular weight is 373 g/mol. The SMILES string of the molecule is CNc1nnc(SCC(=O)NCC(=O)Nc2ccc(F)c(F)c2)s1. The third-order valence-electron chi connectivity index (χ3n) is 2.60. The van der Waals surface area contributed by atoms with Gasteiger partial charge in [0.2, 0.25) is 16.9 Å². The molecule has 0 bridgehead atoms. The second kappa shape index (κ2) is 8.55. The molecule has 0 radical (unpaired) electrons. The van der Waals surface area contributed by atoms with Crippen LogP contribution in [0.2, 0.25) is 0 Å². The number of benzene rings is 1. The number of hydrogen-bond donors (Lipinski definition) is 3. The van der Waals surface area contributed by atoms with Crippen molar-refractivity contribution in [2.45, 2.75) is 4.34 Å². The summed E-state index contributed by atoms with van der Waals surface area (Å²) in [5.41, 5.74) is 0.107. The average Bonchev–Trinajstić information content (AvgIpc) is 3.02. The Balaban J connectivity index is 1.72. The quantitative estimate of drug-likeness (QED) is 0.640. The third-order valence-corrected chi connectivity index (χ3v) is 4.67. The van der Waals surface area contributed by atoms with Crippen LogP contribution in [-0.2, 0) is 9.59 Å². The van der Waals surface area contributed by atoms with Crippen molar-refractivity contribution in [3.05, 3.63) is 29.8 Å². The van der Waals surface area contributed by atoms with Gasteiger partial charge >= 0.3 is 0 Å². The maximum atomic E-state index is 13.0. The molecule has 1 heterocycles. The molecule has 0 aliphatic carbocycles. The monoisotopic (exact) mass is 373 g/mol. The molecule has 1 aromatic heterocycles. The van der Waals surface area contributed by atoms with Crippen molar-refractivity contribution < 1.29 is 18.4 Å². The van der Waals surface area contributed by atoms with Gasteiger partial charge < -0.3 is 16.0 Å². The number of hydrogen-bond acceptors (Lipinski definition) is 7. The van der Waals surface area contributed by atoms with Crippen molar-refractivity contribution in [3.8, 4) is 0 Å². The Bertz CT molecular complexity index is 741. The van der Waals surface area contributed by atoms with Crippen LogP contribution >= 0.6 is 23.1 Å². The van der Waals surface area contributed by atoms with E-state index in [1.54, 1.807) is 7.05 Å². The Morgan fingerprint density at radius 2 is 2.00 bits per heavy atom. The van der Waals surface area contributed by atoms with Gasteiger partial charge in [-0.15, -0.1) is 10.2 Å². The van der Waals surface area contributed by atoms with Crippen LogP contribution in [0.15, 0.2) is 22.5 Å². The number of amides is 2. The molecule has 0 aliphatic rings. The van der Waals surface area contributed by atoms with Gasteiger partial charge in [0.25, 0.3) is 0 Å². The first-order chi connectivity index (χ1) is 11.5. The topological polar surface area (TPSA) is 96.0 Å². The van der Waals surface area contributed by atoms with Crippen LogP contribution in [0.25, 0.3) is 0 Å². The van der Waals surface area contributed by atoms with Gasteiger partial charge in [0, 0.05) is 18.8 Å². The van der Waals surface area contributed by atoms with Crippen molar-refractivity contribution >= 4 is 45.7 Å². The number of anilines is 2. The molecule has 128 valence electrons. The molecule has 3 N–H and O–H groups in total. The summed E-state index contributed by atoms with van der Waals surface area (Å²) in [5, 5.41) is 16.0. The van der Waals surface area contributed by atoms with E-state index < -0.39 is 17.5 Å². The first-order valence-corrected chi connectivity index (χ1v) is 8.44. The number of rotatable bonds is 7. The largest absolute Gasteiger partial charge is 0.363 e. The number of thioether (sulfide) groups is 1. The minimum atomic E-state index is -1.06. The predicted octanol–water partition coefficient (Wildman–Crippen LogP) is 1.70. The van der Waals surface area contributed by atoms with E-state index in [1.165, 1.54) is 29.2 Å². The molecule has 11 heteroatoms. The van der Waals surface area contributed by atoms with Crippen molar-refractivity contribution in [2.24, 2.45) is 0 Å². The van der Waals surface area contributed by atoms with Gasteiger partial charge in [-0.25, -0.2) is 8.78 Å². The first kappa shape index (κ1) is 18.1. The number of aromatic nitrogens is 2. The molecule has 1 aromatic carbocycles. The molecule has 2 rings (SSSR count). The highest BCUT2D eigenvalue weighted by atomic mass is 32.2. The van der Waals surface area contributed by atoms with Gasteiger partial charge in [0.1, 0.15) is 0 Å². The fraction of sp³-hybridized carbons (Fsp3) is 0.231. The molecule has 2 aromatic rings. The molecule has 0 spiro atoms. The summed E-state index contributed by atoms with van der Waals surface area (Å²) in [6, 6.07) is 2.99. The summed E-state index contributed by atoms with van der Waals surface area (Å²) >= 11 is 2.50. The zero-order valence-corrected chi connectivity index (χ0v) is 14.1. The minimum Gasteiger partial charge on any atom is -0.363 e. The van der Waals surface area contributed by atoms with Gasteiger partial charge in [0.05, 0.1) is 12.3 Å². The second-order valence-electron chi connectivity index (χ2n) is 4.37. The second-order valence-corrected chi connectivity index (χ2v) is 6.57. The van der Waals surface area contributed by atoms with E-state index in [0.29, 0.717) is 9.47 Å². The Hall–Kier alpha value is -2.27. The van der Waals surface area contributed by atoms with Crippen LogP contribution in [0.4, 0.5) is 19.6 Å². The summed E-state index contributed by atoms with van der Waals surface area (Å²) < 4.78 is 26.4. The van der Waals surface area contributed by atoms with Crippen LogP contribution < -0.4 is 16.0 Å². The van der Waals surface area contributed by atoms with Crippen LogP contribution in [0.1, 0.15) is 0 Å². The fourth-order valence-corrected chi connectivity index (χ4v) is 3.04. The fourth-order valence-electron chi connectivity index (χ4n) is 1.51. The van der Waals surface area contributed by atoms with E-state index in [4.69, 9.17) is 0 Å². The Labute approximate surface area is 144 Å². The predicted molar refractivity (Wildman–Crippen MR) is 88.2 cm³/mol. The van der Waals surface area contributed by atoms with Crippen LogP contribution in [0, 0.1) is 11.6 Å². The number of halogens is 2. The Morgan fingerprint density at radius 3 is 2.67 bits per heavy atom. The number of nitrogens with one attached hydrogen (secondary N) is 3. The molecule has 24 heavy (non-hydrogen) atoms. The molecule has 0 atom stereocenters. The van der Waals surface area contributed by atoms with E-state index in [9.17, 15) is 18.4 Å². The lowest BCUT2D eigenvalue weighted by molar-refractivity contribution is -0.122. The Morgan fingerprint density at radius 1 is 1.21 bits per heavy atom. The van der Waals surface area contributed by atoms with Gasteiger partial charge in [-0.2, -0.15) is 0 Å². The normalized spacial score (nSPS) is 10.3. The maximum absolute atomic E-state index is 13.0. The molecule has 0 unspecified atom stereocenters. The van der Waals surface area contributed by atoms with Gasteiger partial charge in [-0.1, -0.05) is 23.1 Å². The van der Waals surface area contributed by atoms with E-state index in [1.807, 2.05) is 0 Å². The first-order valence-electron chi connectivity index (χ1n) is 6.63. The molecular weight excluding hydrogens is 360 g/mol. The summed E-state index contributed by atoms with van der Waals surface area (Å²) in [6.45, 7) is -0.281. The zero-order valence-electron chi connectivity index (χ0n) is 12.4. The summed E-state index contributed by atoms with van der Waals surface area (Å²) in [4.78, 5) is 23.3. The molecule has 7 nitrogen and oxygen atoms in total. The molecule has 0 saturated heterocycles. The number of nitrogens with zero attached hydrogens (tertiary/aromatic N) is 2. The molecule has 2 amide bonds. The van der Waals surface area contributed by atoms with Crippen molar-refractivity contribution in [1.82, 2.24) is 15.5 Å². The van der Waals surface area contributed by atoms with E-state index in [2.05, 4.69) is 26.1 Å². The van der Waals surface area contributed by atoms with Crippen LogP contribution in [0.3, 0.4) is 0 Å². The number of carbonyl (C=O) groups is 2. The Kier molecular flexibility index (Phi) is 6.44. The summed E-state index contributed by atoms with van der Waals surface area (Å²) in [7, 11) is 1.72. The summed E-state index contributed by atoms with van der Waals surface area (Å²) in [5.74, 6) is -2.89. The lowest BCUT2D eigenvalue weighted by atomic mass is 10.3. The molecule has 0 saturated carbocycles. The highest BCUT2D eigenvalue weighted by molar-refractivity contribution is 8.01. The molecule has 0 fully saturated rings. The van der Waals surface area contributed by atoms with E-state index in [0.717, 1.165) is 12.1 Å². The summed E-state index contributed by atoms with van der Waals surface area (Å²) in [6.07, 6.45) is 0. The zero-order chi connectivity index (χ0) is 17.5. The molecule has 0 aliphatic heterocycles. The van der Waals surface area contributed by atoms with Crippen molar-refractivity contribution in [3.63, 3.8) is 0 Å². The molecular formula is C13H13F2N5O2S2. The number of carbonyl (C=O) groups excluding carboxylic acids is 2. The third kappa shape index (κ3) is 5.42. The smallest absolute Gasteiger partial charge is 0.243 e. The lowest BCUT2D eigenvalue weighted by Crippen LogP contribution is -2.33. The van der Waals surface area contributed by atoms with Gasteiger partial charge in [0.15, 0.2) is 16.0 Å². The van der Waals surface area contributed by atoms with E-state index >= 15 is 0 Å². The highest BCUT2D eigenvalue weighted by Gasteiger charge is 2.10. The van der Waals surface area contributed by atoms with Gasteiger partial charge in [-0.3, -0.25) is 9.59 Å². The minimum absolute atomic E-state index is 0.0802. The standard InChI is InChI=1S/C13H13F2N5O2S2/c1-16-12-19-20-13(24-12)23-6-11(22)17-5-10(21)18-7-2-3-8(14)9(15)4-7/h2-4H,5-6H2,1H3,(H,16,19)(H,17,22)(H,18,21). The van der Waals surface area contributed by atoms with Crippen LogP contribution in [-0.4, -0.2) is 41.4 Å². The van der Waals surface area contributed by atoms with E-state index in [-0.39, 0.29) is 23.9 Å².